The molecule has 0 unspecified atom stereocenters. The van der Waals surface area contributed by atoms with Crippen LogP contribution in [0.1, 0.15) is 43.8 Å². The van der Waals surface area contributed by atoms with Gasteiger partial charge in [-0.15, -0.1) is 11.3 Å². The zero-order chi connectivity index (χ0) is 14.9. The highest BCUT2D eigenvalue weighted by molar-refractivity contribution is 7.91. The van der Waals surface area contributed by atoms with E-state index in [0.717, 1.165) is 19.3 Å². The molecule has 1 saturated carbocycles. The van der Waals surface area contributed by atoms with Crippen molar-refractivity contribution < 1.29 is 12.9 Å². The molecule has 0 bridgehead atoms. The molecule has 2 aromatic heterocycles. The van der Waals surface area contributed by atoms with Crippen molar-refractivity contribution in [3.8, 4) is 0 Å². The lowest BCUT2D eigenvalue weighted by Gasteiger charge is -2.34. The largest absolute Gasteiger partial charge is 0.340 e. The highest BCUT2D eigenvalue weighted by Crippen LogP contribution is 2.37. The molecule has 1 aliphatic rings. The van der Waals surface area contributed by atoms with Crippen LogP contribution in [0.4, 0.5) is 0 Å². The summed E-state index contributed by atoms with van der Waals surface area (Å²) in [5.41, 5.74) is -0.751. The fourth-order valence-electron chi connectivity index (χ4n) is 2.74. The Morgan fingerprint density at radius 2 is 2.10 bits per heavy atom. The molecule has 0 radical (unpaired) electrons. The molecule has 0 spiro atoms. The first-order valence-corrected chi connectivity index (χ1v) is 9.26. The summed E-state index contributed by atoms with van der Waals surface area (Å²) in [5, 5.41) is 5.72. The van der Waals surface area contributed by atoms with Gasteiger partial charge in [-0.25, -0.2) is 8.42 Å². The van der Waals surface area contributed by atoms with Crippen LogP contribution in [-0.2, 0) is 15.6 Å². The van der Waals surface area contributed by atoms with Crippen LogP contribution in [0.5, 0.6) is 0 Å². The van der Waals surface area contributed by atoms with Gasteiger partial charge in [-0.1, -0.05) is 30.5 Å². The maximum absolute atomic E-state index is 12.6. The number of aryl methyl sites for hydroxylation is 1. The molecule has 1 N–H and O–H groups in total. The summed E-state index contributed by atoms with van der Waals surface area (Å²) < 4.78 is 33.3. The van der Waals surface area contributed by atoms with Crippen molar-refractivity contribution in [2.45, 2.75) is 48.8 Å². The van der Waals surface area contributed by atoms with E-state index in [1.165, 1.54) is 11.3 Å². The van der Waals surface area contributed by atoms with E-state index >= 15 is 0 Å². The zero-order valence-electron chi connectivity index (χ0n) is 11.7. The van der Waals surface area contributed by atoms with Crippen molar-refractivity contribution in [1.82, 2.24) is 14.9 Å². The van der Waals surface area contributed by atoms with E-state index in [4.69, 9.17) is 4.52 Å². The van der Waals surface area contributed by atoms with Crippen molar-refractivity contribution in [2.24, 2.45) is 0 Å². The Kier molecular flexibility index (Phi) is 3.85. The molecule has 0 aromatic carbocycles. The quantitative estimate of drug-likeness (QED) is 0.933. The number of nitrogens with zero attached hydrogens (tertiary/aromatic N) is 2. The summed E-state index contributed by atoms with van der Waals surface area (Å²) >= 11 is 1.20. The van der Waals surface area contributed by atoms with Crippen molar-refractivity contribution in [3.05, 3.63) is 29.2 Å². The lowest BCUT2D eigenvalue weighted by atomic mass is 9.82. The van der Waals surface area contributed by atoms with Crippen molar-refractivity contribution in [1.29, 1.82) is 0 Å². The van der Waals surface area contributed by atoms with E-state index in [0.29, 0.717) is 28.8 Å². The van der Waals surface area contributed by atoms with Crippen LogP contribution in [0, 0.1) is 6.92 Å². The second-order valence-corrected chi connectivity index (χ2v) is 8.17. The number of thiophene rings is 1. The Morgan fingerprint density at radius 3 is 2.67 bits per heavy atom. The van der Waals surface area contributed by atoms with Gasteiger partial charge in [-0.2, -0.15) is 9.71 Å². The highest BCUT2D eigenvalue weighted by Gasteiger charge is 2.42. The molecule has 2 aromatic rings. The van der Waals surface area contributed by atoms with E-state index < -0.39 is 15.6 Å². The summed E-state index contributed by atoms with van der Waals surface area (Å²) in [6.45, 7) is 1.71. The van der Waals surface area contributed by atoms with E-state index in [9.17, 15) is 8.42 Å². The Balaban J connectivity index is 1.97. The van der Waals surface area contributed by atoms with Crippen LogP contribution in [0.2, 0.25) is 0 Å². The van der Waals surface area contributed by atoms with Crippen LogP contribution in [0.15, 0.2) is 26.2 Å². The summed E-state index contributed by atoms with van der Waals surface area (Å²) in [7, 11) is -3.57. The molecule has 0 saturated heterocycles. The SMILES string of the molecule is Cc1nc(C2(NS(=O)(=O)c3cccs3)CCCCC2)no1. The lowest BCUT2D eigenvalue weighted by Crippen LogP contribution is -2.47. The van der Waals surface area contributed by atoms with Gasteiger partial charge >= 0.3 is 0 Å². The Labute approximate surface area is 127 Å². The minimum absolute atomic E-state index is 0.313. The summed E-state index contributed by atoms with van der Waals surface area (Å²) in [6, 6.07) is 3.33. The molecule has 8 heteroatoms. The van der Waals surface area contributed by atoms with Gasteiger partial charge in [0.05, 0.1) is 5.54 Å². The van der Waals surface area contributed by atoms with Gasteiger partial charge in [0.15, 0.2) is 5.82 Å². The van der Waals surface area contributed by atoms with E-state index in [-0.39, 0.29) is 0 Å². The number of hydrogen-bond acceptors (Lipinski definition) is 6. The predicted octanol–water partition coefficient (Wildman–Crippen LogP) is 2.58. The van der Waals surface area contributed by atoms with E-state index in [2.05, 4.69) is 14.9 Å². The normalized spacial score (nSPS) is 18.7. The molecule has 0 aliphatic heterocycles. The van der Waals surface area contributed by atoms with Crippen LogP contribution >= 0.6 is 11.3 Å². The third-order valence-electron chi connectivity index (χ3n) is 3.75. The third kappa shape index (κ3) is 2.88. The molecule has 2 heterocycles. The molecule has 3 rings (SSSR count). The first-order valence-electron chi connectivity index (χ1n) is 6.90. The van der Waals surface area contributed by atoms with E-state index in [1.54, 1.807) is 24.4 Å². The van der Waals surface area contributed by atoms with Crippen molar-refractivity contribution in [2.75, 3.05) is 0 Å². The third-order valence-corrected chi connectivity index (χ3v) is 6.69. The fraction of sp³-hybridized carbons (Fsp3) is 0.538. The molecular weight excluding hydrogens is 310 g/mol. The highest BCUT2D eigenvalue weighted by atomic mass is 32.2. The van der Waals surface area contributed by atoms with Crippen LogP contribution < -0.4 is 4.72 Å². The van der Waals surface area contributed by atoms with Gasteiger partial charge in [-0.05, 0) is 24.3 Å². The Hall–Kier alpha value is -1.25. The van der Waals surface area contributed by atoms with Gasteiger partial charge in [0.1, 0.15) is 4.21 Å². The maximum atomic E-state index is 12.6. The smallest absolute Gasteiger partial charge is 0.250 e. The summed E-state index contributed by atoms with van der Waals surface area (Å²) in [5.74, 6) is 0.894. The predicted molar refractivity (Wildman–Crippen MR) is 78.4 cm³/mol. The average Bonchev–Trinajstić information content (AvgIpc) is 3.10. The number of nitrogens with one attached hydrogen (secondary N) is 1. The zero-order valence-corrected chi connectivity index (χ0v) is 13.3. The molecule has 0 atom stereocenters. The van der Waals surface area contributed by atoms with Gasteiger partial charge in [0, 0.05) is 6.92 Å². The fourth-order valence-corrected chi connectivity index (χ4v) is 5.16. The molecule has 21 heavy (non-hydrogen) atoms. The van der Waals surface area contributed by atoms with Gasteiger partial charge in [0.2, 0.25) is 5.89 Å². The molecule has 0 amide bonds. The Morgan fingerprint density at radius 1 is 1.33 bits per heavy atom. The minimum atomic E-state index is -3.57. The standard InChI is InChI=1S/C13H17N3O3S2/c1-10-14-12(15-19-10)13(7-3-2-4-8-13)16-21(17,18)11-6-5-9-20-11/h5-6,9,16H,2-4,7-8H2,1H3. The van der Waals surface area contributed by atoms with Crippen LogP contribution in [0.3, 0.4) is 0 Å². The molecule has 6 nitrogen and oxygen atoms in total. The van der Waals surface area contributed by atoms with Gasteiger partial charge in [0.25, 0.3) is 10.0 Å². The van der Waals surface area contributed by atoms with Crippen LogP contribution in [-0.4, -0.2) is 18.6 Å². The maximum Gasteiger partial charge on any atom is 0.250 e. The summed E-state index contributed by atoms with van der Waals surface area (Å²) in [6.07, 6.45) is 4.37. The summed E-state index contributed by atoms with van der Waals surface area (Å²) in [4.78, 5) is 4.27. The second-order valence-electron chi connectivity index (χ2n) is 5.32. The van der Waals surface area contributed by atoms with E-state index in [1.807, 2.05) is 0 Å². The number of hydrogen-bond donors (Lipinski definition) is 1. The monoisotopic (exact) mass is 327 g/mol. The number of aromatic nitrogens is 2. The van der Waals surface area contributed by atoms with Gasteiger partial charge in [-0.3, -0.25) is 0 Å². The lowest BCUT2D eigenvalue weighted by molar-refractivity contribution is 0.249. The topological polar surface area (TPSA) is 85.1 Å². The van der Waals surface area contributed by atoms with Crippen molar-refractivity contribution >= 4 is 21.4 Å². The molecular formula is C13H17N3O3S2. The van der Waals surface area contributed by atoms with Crippen molar-refractivity contribution in [3.63, 3.8) is 0 Å². The van der Waals surface area contributed by atoms with Gasteiger partial charge < -0.3 is 4.52 Å². The first kappa shape index (κ1) is 14.7. The Bertz CT molecular complexity index is 701. The average molecular weight is 327 g/mol. The molecule has 1 aliphatic carbocycles. The second kappa shape index (κ2) is 5.51. The molecule has 114 valence electrons. The number of rotatable bonds is 4. The minimum Gasteiger partial charge on any atom is -0.340 e. The number of sulfonamides is 1. The van der Waals surface area contributed by atoms with Crippen LogP contribution in [0.25, 0.3) is 0 Å². The first-order chi connectivity index (χ1) is 10.0. The molecule has 1 fully saturated rings.